The zero-order chi connectivity index (χ0) is 17.4. The topological polar surface area (TPSA) is 83.8 Å². The van der Waals surface area contributed by atoms with E-state index in [2.05, 4.69) is 10.3 Å². The van der Waals surface area contributed by atoms with Crippen molar-refractivity contribution in [2.24, 2.45) is 0 Å². The Balaban J connectivity index is 1.67. The highest BCUT2D eigenvalue weighted by molar-refractivity contribution is 5.41. The van der Waals surface area contributed by atoms with E-state index in [1.807, 2.05) is 25.1 Å². The fourth-order valence-corrected chi connectivity index (χ4v) is 2.24. The van der Waals surface area contributed by atoms with Crippen molar-refractivity contribution in [2.45, 2.75) is 19.4 Å². The summed E-state index contributed by atoms with van der Waals surface area (Å²) < 4.78 is 10.6. The molecule has 1 aromatic carbocycles. The van der Waals surface area contributed by atoms with E-state index in [9.17, 15) is 10.2 Å². The third kappa shape index (κ3) is 5.40. The normalized spacial score (nSPS) is 12.0. The van der Waals surface area contributed by atoms with Crippen molar-refractivity contribution in [3.05, 3.63) is 47.7 Å². The number of aliphatic hydroxyl groups is 1. The minimum absolute atomic E-state index is 0.131. The maximum atomic E-state index is 9.95. The fraction of sp³-hybridized carbons (Fsp3) is 0.389. The van der Waals surface area contributed by atoms with E-state index in [4.69, 9.17) is 9.47 Å². The molecule has 0 bridgehead atoms. The van der Waals surface area contributed by atoms with Gasteiger partial charge in [0.05, 0.1) is 7.11 Å². The lowest BCUT2D eigenvalue weighted by Crippen LogP contribution is -2.32. The van der Waals surface area contributed by atoms with E-state index in [1.165, 1.54) is 7.11 Å². The van der Waals surface area contributed by atoms with E-state index < -0.39 is 6.10 Å². The summed E-state index contributed by atoms with van der Waals surface area (Å²) in [7, 11) is 1.52. The first-order valence-electron chi connectivity index (χ1n) is 7.89. The van der Waals surface area contributed by atoms with Crippen LogP contribution >= 0.6 is 0 Å². The molecule has 6 nitrogen and oxygen atoms in total. The number of ether oxygens (including phenoxy) is 2. The van der Waals surface area contributed by atoms with Crippen LogP contribution in [0.25, 0.3) is 0 Å². The summed E-state index contributed by atoms with van der Waals surface area (Å²) in [6.07, 6.45) is 1.82. The van der Waals surface area contributed by atoms with Crippen LogP contribution in [-0.2, 0) is 6.42 Å². The monoisotopic (exact) mass is 332 g/mol. The molecule has 3 N–H and O–H groups in total. The SMILES string of the molecule is COc1cc(CCNCC(O)COc2ncccc2C)ccc1O. The molecule has 0 aliphatic heterocycles. The molecule has 0 saturated carbocycles. The summed E-state index contributed by atoms with van der Waals surface area (Å²) in [6, 6.07) is 9.03. The van der Waals surface area contributed by atoms with Crippen LogP contribution in [0.1, 0.15) is 11.1 Å². The van der Waals surface area contributed by atoms with Crippen molar-refractivity contribution in [3.63, 3.8) is 0 Å². The highest BCUT2D eigenvalue weighted by Crippen LogP contribution is 2.26. The number of phenols is 1. The number of hydrogen-bond acceptors (Lipinski definition) is 6. The largest absolute Gasteiger partial charge is 0.504 e. The van der Waals surface area contributed by atoms with Gasteiger partial charge in [0.25, 0.3) is 0 Å². The number of pyridine rings is 1. The number of aromatic nitrogens is 1. The summed E-state index contributed by atoms with van der Waals surface area (Å²) in [4.78, 5) is 4.12. The van der Waals surface area contributed by atoms with Gasteiger partial charge in [-0.25, -0.2) is 4.98 Å². The third-order valence-corrected chi connectivity index (χ3v) is 3.59. The number of nitrogens with zero attached hydrogens (tertiary/aromatic N) is 1. The van der Waals surface area contributed by atoms with Crippen molar-refractivity contribution in [2.75, 3.05) is 26.8 Å². The van der Waals surface area contributed by atoms with Crippen LogP contribution in [0.2, 0.25) is 0 Å². The van der Waals surface area contributed by atoms with E-state index in [0.29, 0.717) is 24.7 Å². The van der Waals surface area contributed by atoms with Crippen LogP contribution in [0.15, 0.2) is 36.5 Å². The van der Waals surface area contributed by atoms with E-state index in [1.54, 1.807) is 18.3 Å². The van der Waals surface area contributed by atoms with Crippen molar-refractivity contribution in [1.29, 1.82) is 0 Å². The molecule has 1 heterocycles. The summed E-state index contributed by atoms with van der Waals surface area (Å²) in [5.41, 5.74) is 1.99. The molecular weight excluding hydrogens is 308 g/mol. The molecule has 0 fully saturated rings. The van der Waals surface area contributed by atoms with E-state index >= 15 is 0 Å². The molecule has 0 spiro atoms. The highest BCUT2D eigenvalue weighted by atomic mass is 16.5. The zero-order valence-electron chi connectivity index (χ0n) is 14.0. The predicted molar refractivity (Wildman–Crippen MR) is 91.7 cm³/mol. The molecule has 0 amide bonds. The van der Waals surface area contributed by atoms with Crippen LogP contribution in [0.5, 0.6) is 17.4 Å². The molecule has 130 valence electrons. The summed E-state index contributed by atoms with van der Waals surface area (Å²) in [5.74, 6) is 1.14. The summed E-state index contributed by atoms with van der Waals surface area (Å²) >= 11 is 0. The second-order valence-corrected chi connectivity index (χ2v) is 5.55. The van der Waals surface area contributed by atoms with Crippen molar-refractivity contribution < 1.29 is 19.7 Å². The molecular formula is C18H24N2O4. The minimum atomic E-state index is -0.610. The van der Waals surface area contributed by atoms with E-state index in [-0.39, 0.29) is 12.4 Å². The van der Waals surface area contributed by atoms with Crippen LogP contribution in [-0.4, -0.2) is 48.1 Å². The molecule has 24 heavy (non-hydrogen) atoms. The predicted octanol–water partition coefficient (Wildman–Crippen LogP) is 1.68. The number of nitrogens with one attached hydrogen (secondary N) is 1. The van der Waals surface area contributed by atoms with Crippen molar-refractivity contribution in [1.82, 2.24) is 10.3 Å². The Morgan fingerprint density at radius 2 is 2.12 bits per heavy atom. The lowest BCUT2D eigenvalue weighted by molar-refractivity contribution is 0.104. The number of methoxy groups -OCH3 is 1. The first kappa shape index (κ1) is 18.0. The molecule has 2 rings (SSSR count). The number of aliphatic hydroxyl groups excluding tert-OH is 1. The molecule has 1 aromatic heterocycles. The minimum Gasteiger partial charge on any atom is -0.504 e. The van der Waals surface area contributed by atoms with Gasteiger partial charge < -0.3 is 25.0 Å². The molecule has 1 atom stereocenters. The average Bonchev–Trinajstić information content (AvgIpc) is 2.59. The standard InChI is InChI=1S/C18H24N2O4/c1-13-4-3-8-20-18(13)24-12-15(21)11-19-9-7-14-5-6-16(22)17(10-14)23-2/h3-6,8,10,15,19,21-22H,7,9,11-12H2,1-2H3. The van der Waals surface area contributed by atoms with Gasteiger partial charge in [-0.2, -0.15) is 0 Å². The molecule has 0 saturated heterocycles. The highest BCUT2D eigenvalue weighted by Gasteiger charge is 2.07. The van der Waals surface area contributed by atoms with Gasteiger partial charge in [-0.05, 0) is 43.7 Å². The maximum Gasteiger partial charge on any atom is 0.216 e. The molecule has 6 heteroatoms. The first-order valence-corrected chi connectivity index (χ1v) is 7.89. The van der Waals surface area contributed by atoms with E-state index in [0.717, 1.165) is 17.5 Å². The number of hydrogen-bond donors (Lipinski definition) is 3. The number of phenolic OH excluding ortho intramolecular Hbond substituents is 1. The maximum absolute atomic E-state index is 9.95. The lowest BCUT2D eigenvalue weighted by atomic mass is 10.1. The summed E-state index contributed by atoms with van der Waals surface area (Å²) in [6.45, 7) is 3.24. The quantitative estimate of drug-likeness (QED) is 0.606. The fourth-order valence-electron chi connectivity index (χ4n) is 2.24. The Morgan fingerprint density at radius 1 is 1.29 bits per heavy atom. The second kappa shape index (κ2) is 9.10. The molecule has 1 unspecified atom stereocenters. The van der Waals surface area contributed by atoms with Gasteiger partial charge in [0.1, 0.15) is 12.7 Å². The second-order valence-electron chi connectivity index (χ2n) is 5.55. The van der Waals surface area contributed by atoms with Crippen molar-refractivity contribution in [3.8, 4) is 17.4 Å². The van der Waals surface area contributed by atoms with Gasteiger partial charge in [0, 0.05) is 18.3 Å². The zero-order valence-corrected chi connectivity index (χ0v) is 14.0. The Labute approximate surface area is 142 Å². The lowest BCUT2D eigenvalue weighted by Gasteiger charge is -2.14. The number of aromatic hydroxyl groups is 1. The molecule has 0 aliphatic rings. The van der Waals surface area contributed by atoms with Gasteiger partial charge in [-0.15, -0.1) is 0 Å². The number of rotatable bonds is 9. The van der Waals surface area contributed by atoms with Gasteiger partial charge in [0.2, 0.25) is 5.88 Å². The van der Waals surface area contributed by atoms with Crippen LogP contribution in [0, 0.1) is 6.92 Å². The Bertz CT molecular complexity index is 649. The van der Waals surface area contributed by atoms with Crippen LogP contribution < -0.4 is 14.8 Å². The number of aryl methyl sites for hydroxylation is 1. The Kier molecular flexibility index (Phi) is 6.84. The molecule has 0 aliphatic carbocycles. The average molecular weight is 332 g/mol. The van der Waals surface area contributed by atoms with Crippen molar-refractivity contribution >= 4 is 0 Å². The third-order valence-electron chi connectivity index (χ3n) is 3.59. The van der Waals surface area contributed by atoms with Gasteiger partial charge >= 0.3 is 0 Å². The Morgan fingerprint density at radius 3 is 2.88 bits per heavy atom. The molecule has 2 aromatic rings. The number of benzene rings is 1. The van der Waals surface area contributed by atoms with Gasteiger partial charge in [-0.1, -0.05) is 12.1 Å². The first-order chi connectivity index (χ1) is 11.6. The Hall–Kier alpha value is -2.31. The summed E-state index contributed by atoms with van der Waals surface area (Å²) in [5, 5.41) is 22.7. The van der Waals surface area contributed by atoms with Crippen LogP contribution in [0.3, 0.4) is 0 Å². The molecule has 0 radical (unpaired) electrons. The smallest absolute Gasteiger partial charge is 0.216 e. The van der Waals surface area contributed by atoms with Crippen LogP contribution in [0.4, 0.5) is 0 Å². The van der Waals surface area contributed by atoms with Gasteiger partial charge in [0.15, 0.2) is 11.5 Å². The van der Waals surface area contributed by atoms with Gasteiger partial charge in [-0.3, -0.25) is 0 Å².